The molecule has 0 atom stereocenters. The van der Waals surface area contributed by atoms with Crippen molar-refractivity contribution in [2.75, 3.05) is 5.75 Å². The van der Waals surface area contributed by atoms with Crippen LogP contribution in [0.15, 0.2) is 28.2 Å². The van der Waals surface area contributed by atoms with Gasteiger partial charge in [-0.05, 0) is 30.5 Å². The van der Waals surface area contributed by atoms with Gasteiger partial charge in [-0.2, -0.15) is 0 Å². The first-order chi connectivity index (χ1) is 11.0. The molecule has 0 fully saturated rings. The Hall–Kier alpha value is -2.28. The summed E-state index contributed by atoms with van der Waals surface area (Å²) >= 11 is 1.40. The minimum atomic E-state index is -0.589. The average molecular weight is 331 g/mol. The van der Waals surface area contributed by atoms with Gasteiger partial charge in [0.05, 0.1) is 0 Å². The minimum absolute atomic E-state index is 0.209. The summed E-state index contributed by atoms with van der Waals surface area (Å²) in [6, 6.07) is 5.92. The van der Waals surface area contributed by atoms with E-state index in [1.165, 1.54) is 21.9 Å². The highest BCUT2D eigenvalue weighted by Crippen LogP contribution is 2.24. The highest BCUT2D eigenvalue weighted by atomic mass is 32.2. The smallest absolute Gasteiger partial charge is 0.297 e. The summed E-state index contributed by atoms with van der Waals surface area (Å²) in [5.74, 6) is -0.419. The van der Waals surface area contributed by atoms with Crippen LogP contribution in [0.4, 0.5) is 0 Å². The molecule has 1 aliphatic rings. The van der Waals surface area contributed by atoms with Crippen molar-refractivity contribution in [3.63, 3.8) is 0 Å². The molecule has 120 valence electrons. The number of rotatable bonds is 3. The minimum Gasteiger partial charge on any atom is -0.501 e. The molecule has 1 aromatic heterocycles. The highest BCUT2D eigenvalue weighted by molar-refractivity contribution is 7.99. The Bertz CT molecular complexity index is 845. The molecule has 0 saturated heterocycles. The third kappa shape index (κ3) is 2.96. The SMILES string of the molecule is Cc1ccc(CNC(=O)c2nc3n(c(=O)c2O)CCS3)cc1C. The lowest BCUT2D eigenvalue weighted by molar-refractivity contribution is 0.0941. The molecule has 1 amide bonds. The topological polar surface area (TPSA) is 84.2 Å². The van der Waals surface area contributed by atoms with Crippen LogP contribution in [0, 0.1) is 13.8 Å². The molecular weight excluding hydrogens is 314 g/mol. The number of thioether (sulfide) groups is 1. The van der Waals surface area contributed by atoms with Crippen LogP contribution in [0.3, 0.4) is 0 Å². The van der Waals surface area contributed by atoms with Crippen molar-refractivity contribution >= 4 is 17.7 Å². The summed E-state index contributed by atoms with van der Waals surface area (Å²) in [7, 11) is 0. The van der Waals surface area contributed by atoms with E-state index in [0.717, 1.165) is 16.9 Å². The molecule has 2 N–H and O–H groups in total. The van der Waals surface area contributed by atoms with E-state index in [1.807, 2.05) is 32.0 Å². The quantitative estimate of drug-likeness (QED) is 0.835. The maximum absolute atomic E-state index is 12.3. The first kappa shape index (κ1) is 15.6. The predicted octanol–water partition coefficient (Wildman–Crippen LogP) is 1.60. The van der Waals surface area contributed by atoms with Crippen LogP contribution < -0.4 is 10.9 Å². The van der Waals surface area contributed by atoms with Gasteiger partial charge < -0.3 is 10.4 Å². The number of aromatic nitrogens is 2. The molecule has 0 bridgehead atoms. The fourth-order valence-electron chi connectivity index (χ4n) is 2.40. The van der Waals surface area contributed by atoms with Crippen LogP contribution in [-0.4, -0.2) is 26.3 Å². The highest BCUT2D eigenvalue weighted by Gasteiger charge is 2.24. The molecule has 2 aromatic rings. The van der Waals surface area contributed by atoms with Crippen LogP contribution >= 0.6 is 11.8 Å². The van der Waals surface area contributed by atoms with Gasteiger partial charge in [-0.25, -0.2) is 4.98 Å². The molecule has 0 saturated carbocycles. The van der Waals surface area contributed by atoms with Gasteiger partial charge in [0.15, 0.2) is 10.9 Å². The van der Waals surface area contributed by atoms with Crippen molar-refractivity contribution in [3.8, 4) is 5.75 Å². The number of nitrogens with one attached hydrogen (secondary N) is 1. The number of hydrogen-bond acceptors (Lipinski definition) is 5. The molecule has 0 aliphatic carbocycles. The Morgan fingerprint density at radius 2 is 2.17 bits per heavy atom. The Kier molecular flexibility index (Phi) is 4.12. The second-order valence-electron chi connectivity index (χ2n) is 5.50. The third-order valence-corrected chi connectivity index (χ3v) is 4.85. The van der Waals surface area contributed by atoms with Crippen LogP contribution in [-0.2, 0) is 13.1 Å². The van der Waals surface area contributed by atoms with E-state index in [2.05, 4.69) is 10.3 Å². The van der Waals surface area contributed by atoms with Crippen LogP contribution in [0.2, 0.25) is 0 Å². The van der Waals surface area contributed by atoms with Crippen molar-refractivity contribution in [2.45, 2.75) is 32.1 Å². The second kappa shape index (κ2) is 6.08. The van der Waals surface area contributed by atoms with Gasteiger partial charge in [-0.3, -0.25) is 14.2 Å². The van der Waals surface area contributed by atoms with E-state index in [9.17, 15) is 14.7 Å². The zero-order chi connectivity index (χ0) is 16.6. The largest absolute Gasteiger partial charge is 0.501 e. The summed E-state index contributed by atoms with van der Waals surface area (Å²) in [6.07, 6.45) is 0. The average Bonchev–Trinajstić information content (AvgIpc) is 3.00. The molecular formula is C16H17N3O3S. The monoisotopic (exact) mass is 331 g/mol. The standard InChI is InChI=1S/C16H17N3O3S/c1-9-3-4-11(7-10(9)2)8-17-14(21)12-13(20)15(22)19-5-6-23-16(19)18-12/h3-4,7,20H,5-6,8H2,1-2H3,(H,17,21). The number of aromatic hydroxyl groups is 1. The van der Waals surface area contributed by atoms with Gasteiger partial charge in [-0.15, -0.1) is 0 Å². The number of fused-ring (bicyclic) bond motifs is 1. The number of carbonyl (C=O) groups excluding carboxylic acids is 1. The Labute approximate surface area is 137 Å². The maximum atomic E-state index is 12.3. The number of hydrogen-bond donors (Lipinski definition) is 2. The van der Waals surface area contributed by atoms with E-state index < -0.39 is 17.2 Å². The number of benzene rings is 1. The molecule has 1 aliphatic heterocycles. The van der Waals surface area contributed by atoms with Gasteiger partial charge in [-0.1, -0.05) is 30.0 Å². The molecule has 7 heteroatoms. The van der Waals surface area contributed by atoms with E-state index in [0.29, 0.717) is 18.2 Å². The first-order valence-electron chi connectivity index (χ1n) is 7.28. The Morgan fingerprint density at radius 1 is 1.39 bits per heavy atom. The predicted molar refractivity (Wildman–Crippen MR) is 88.0 cm³/mol. The Morgan fingerprint density at radius 3 is 2.91 bits per heavy atom. The van der Waals surface area contributed by atoms with E-state index in [1.54, 1.807) is 0 Å². The first-order valence-corrected chi connectivity index (χ1v) is 8.27. The zero-order valence-corrected chi connectivity index (χ0v) is 13.7. The second-order valence-corrected chi connectivity index (χ2v) is 6.56. The fourth-order valence-corrected chi connectivity index (χ4v) is 3.34. The summed E-state index contributed by atoms with van der Waals surface area (Å²) in [5, 5.41) is 13.1. The lowest BCUT2D eigenvalue weighted by atomic mass is 10.1. The van der Waals surface area contributed by atoms with Crippen molar-refractivity contribution in [3.05, 3.63) is 50.9 Å². The van der Waals surface area contributed by atoms with Crippen molar-refractivity contribution in [1.82, 2.24) is 14.9 Å². The van der Waals surface area contributed by atoms with E-state index in [4.69, 9.17) is 0 Å². The third-order valence-electron chi connectivity index (χ3n) is 3.90. The van der Waals surface area contributed by atoms with Gasteiger partial charge in [0, 0.05) is 18.8 Å². The lowest BCUT2D eigenvalue weighted by Gasteiger charge is -2.09. The molecule has 3 rings (SSSR count). The molecule has 0 radical (unpaired) electrons. The van der Waals surface area contributed by atoms with Gasteiger partial charge >= 0.3 is 0 Å². The normalized spacial score (nSPS) is 13.0. The zero-order valence-electron chi connectivity index (χ0n) is 12.9. The molecule has 0 unspecified atom stereocenters. The number of aryl methyl sites for hydroxylation is 2. The molecule has 2 heterocycles. The van der Waals surface area contributed by atoms with Crippen LogP contribution in [0.25, 0.3) is 0 Å². The molecule has 1 aromatic carbocycles. The summed E-state index contributed by atoms with van der Waals surface area (Å²) in [4.78, 5) is 28.4. The van der Waals surface area contributed by atoms with Crippen LogP contribution in [0.1, 0.15) is 27.2 Å². The maximum Gasteiger partial charge on any atom is 0.297 e. The van der Waals surface area contributed by atoms with Crippen LogP contribution in [0.5, 0.6) is 5.75 Å². The van der Waals surface area contributed by atoms with Crippen molar-refractivity contribution in [1.29, 1.82) is 0 Å². The number of amides is 1. The molecule has 0 spiro atoms. The molecule has 23 heavy (non-hydrogen) atoms. The summed E-state index contributed by atoms with van der Waals surface area (Å²) in [6.45, 7) is 4.85. The van der Waals surface area contributed by atoms with Crippen molar-refractivity contribution < 1.29 is 9.90 Å². The number of nitrogens with zero attached hydrogens (tertiary/aromatic N) is 2. The van der Waals surface area contributed by atoms with Gasteiger partial charge in [0.25, 0.3) is 11.5 Å². The Balaban J connectivity index is 1.80. The summed E-state index contributed by atoms with van der Waals surface area (Å²) in [5.41, 5.74) is 2.51. The van der Waals surface area contributed by atoms with E-state index in [-0.39, 0.29) is 5.69 Å². The van der Waals surface area contributed by atoms with Gasteiger partial charge in [0.1, 0.15) is 0 Å². The molecule has 6 nitrogen and oxygen atoms in total. The lowest BCUT2D eigenvalue weighted by Crippen LogP contribution is -2.29. The van der Waals surface area contributed by atoms with E-state index >= 15 is 0 Å². The summed E-state index contributed by atoms with van der Waals surface area (Å²) < 4.78 is 1.39. The fraction of sp³-hybridized carbons (Fsp3) is 0.312. The van der Waals surface area contributed by atoms with Gasteiger partial charge in [0.2, 0.25) is 5.75 Å². The number of carbonyl (C=O) groups is 1. The van der Waals surface area contributed by atoms with Crippen molar-refractivity contribution in [2.24, 2.45) is 0 Å².